The van der Waals surface area contributed by atoms with E-state index in [0.717, 1.165) is 24.3 Å². The van der Waals surface area contributed by atoms with Crippen LogP contribution in [-0.2, 0) is 4.79 Å². The molecule has 3 heterocycles. The Kier molecular flexibility index (Phi) is 4.31. The molecule has 2 aliphatic heterocycles. The predicted octanol–water partition coefficient (Wildman–Crippen LogP) is 3.86. The molecule has 2 aromatic carbocycles. The standard InChI is InChI=1S/C22H22N4O2/c27-20-14-17(15-26(20)19-6-2-1-3-7-19)22-23-21(24-28-22)16-8-10-18(11-9-16)25-12-4-5-13-25/h1-3,6-11,17H,4-5,12-15H2/t17-/m1/s1. The Labute approximate surface area is 163 Å². The predicted molar refractivity (Wildman–Crippen MR) is 107 cm³/mol. The van der Waals surface area contributed by atoms with Crippen molar-refractivity contribution in [2.24, 2.45) is 0 Å². The third kappa shape index (κ3) is 3.15. The molecule has 0 aliphatic carbocycles. The van der Waals surface area contributed by atoms with Crippen LogP contribution in [0.2, 0.25) is 0 Å². The van der Waals surface area contributed by atoms with Crippen molar-refractivity contribution in [3.05, 3.63) is 60.5 Å². The molecule has 0 spiro atoms. The average Bonchev–Trinajstić information content (AvgIpc) is 3.49. The number of anilines is 2. The molecule has 142 valence electrons. The Balaban J connectivity index is 1.32. The quantitative estimate of drug-likeness (QED) is 0.694. The summed E-state index contributed by atoms with van der Waals surface area (Å²) < 4.78 is 5.52. The minimum atomic E-state index is -0.0715. The first kappa shape index (κ1) is 17.0. The zero-order valence-corrected chi connectivity index (χ0v) is 15.6. The first-order valence-electron chi connectivity index (χ1n) is 9.82. The fraction of sp³-hybridized carbons (Fsp3) is 0.318. The Morgan fingerprint density at radius 3 is 2.43 bits per heavy atom. The van der Waals surface area contributed by atoms with Crippen LogP contribution in [0.5, 0.6) is 0 Å². The largest absolute Gasteiger partial charge is 0.372 e. The van der Waals surface area contributed by atoms with E-state index >= 15 is 0 Å². The average molecular weight is 374 g/mol. The maximum atomic E-state index is 12.4. The first-order valence-corrected chi connectivity index (χ1v) is 9.82. The highest BCUT2D eigenvalue weighted by Crippen LogP contribution is 2.32. The Morgan fingerprint density at radius 1 is 0.929 bits per heavy atom. The van der Waals surface area contributed by atoms with E-state index in [9.17, 15) is 4.79 Å². The highest BCUT2D eigenvalue weighted by Gasteiger charge is 2.35. The van der Waals surface area contributed by atoms with Crippen molar-refractivity contribution >= 4 is 17.3 Å². The van der Waals surface area contributed by atoms with Gasteiger partial charge in [-0.1, -0.05) is 23.4 Å². The van der Waals surface area contributed by atoms with Gasteiger partial charge in [-0.15, -0.1) is 0 Å². The molecular weight excluding hydrogens is 352 g/mol. The lowest BCUT2D eigenvalue weighted by Gasteiger charge is -2.17. The maximum Gasteiger partial charge on any atom is 0.232 e. The number of benzene rings is 2. The van der Waals surface area contributed by atoms with Gasteiger partial charge >= 0.3 is 0 Å². The van der Waals surface area contributed by atoms with E-state index in [-0.39, 0.29) is 11.8 Å². The first-order chi connectivity index (χ1) is 13.8. The molecule has 2 fully saturated rings. The van der Waals surface area contributed by atoms with Gasteiger partial charge in [0.2, 0.25) is 17.6 Å². The number of carbonyl (C=O) groups excluding carboxylic acids is 1. The molecule has 5 rings (SSSR count). The molecule has 0 bridgehead atoms. The number of hydrogen-bond donors (Lipinski definition) is 0. The van der Waals surface area contributed by atoms with Crippen LogP contribution in [0.4, 0.5) is 11.4 Å². The number of nitrogens with zero attached hydrogens (tertiary/aromatic N) is 4. The number of amides is 1. The molecule has 3 aromatic rings. The van der Waals surface area contributed by atoms with Crippen molar-refractivity contribution in [1.82, 2.24) is 10.1 Å². The molecule has 1 amide bonds. The minimum Gasteiger partial charge on any atom is -0.372 e. The maximum absolute atomic E-state index is 12.4. The van der Waals surface area contributed by atoms with E-state index in [1.807, 2.05) is 42.5 Å². The van der Waals surface area contributed by atoms with Crippen LogP contribution in [0, 0.1) is 0 Å². The van der Waals surface area contributed by atoms with Gasteiger partial charge in [0.1, 0.15) is 0 Å². The van der Waals surface area contributed by atoms with Crippen LogP contribution in [0.1, 0.15) is 31.1 Å². The lowest BCUT2D eigenvalue weighted by molar-refractivity contribution is -0.117. The van der Waals surface area contributed by atoms with Crippen LogP contribution in [0.15, 0.2) is 59.1 Å². The van der Waals surface area contributed by atoms with Gasteiger partial charge in [0.05, 0.1) is 5.92 Å². The van der Waals surface area contributed by atoms with Crippen molar-refractivity contribution in [1.29, 1.82) is 0 Å². The van der Waals surface area contributed by atoms with E-state index < -0.39 is 0 Å². The zero-order chi connectivity index (χ0) is 18.9. The van der Waals surface area contributed by atoms with Gasteiger partial charge < -0.3 is 14.3 Å². The number of hydrogen-bond acceptors (Lipinski definition) is 5. The van der Waals surface area contributed by atoms with Crippen LogP contribution in [0.25, 0.3) is 11.4 Å². The molecule has 6 nitrogen and oxygen atoms in total. The molecular formula is C22H22N4O2. The fourth-order valence-electron chi connectivity index (χ4n) is 4.05. The Morgan fingerprint density at radius 2 is 1.68 bits per heavy atom. The van der Waals surface area contributed by atoms with Crippen LogP contribution in [0.3, 0.4) is 0 Å². The molecule has 1 aromatic heterocycles. The van der Waals surface area contributed by atoms with E-state index in [1.54, 1.807) is 4.90 Å². The van der Waals surface area contributed by atoms with Crippen molar-refractivity contribution in [2.75, 3.05) is 29.4 Å². The minimum absolute atomic E-state index is 0.0715. The molecule has 0 radical (unpaired) electrons. The Hall–Kier alpha value is -3.15. The van der Waals surface area contributed by atoms with Crippen LogP contribution >= 0.6 is 0 Å². The van der Waals surface area contributed by atoms with Crippen molar-refractivity contribution in [3.63, 3.8) is 0 Å². The molecule has 6 heteroatoms. The summed E-state index contributed by atoms with van der Waals surface area (Å²) in [5.74, 6) is 1.13. The molecule has 0 N–H and O–H groups in total. The summed E-state index contributed by atoms with van der Waals surface area (Å²) >= 11 is 0. The van der Waals surface area contributed by atoms with Crippen LogP contribution < -0.4 is 9.80 Å². The summed E-state index contributed by atoms with van der Waals surface area (Å²) in [5.41, 5.74) is 3.08. The highest BCUT2D eigenvalue weighted by molar-refractivity contribution is 5.96. The summed E-state index contributed by atoms with van der Waals surface area (Å²) in [6, 6.07) is 18.0. The molecule has 2 aliphatic rings. The number of carbonyl (C=O) groups is 1. The van der Waals surface area contributed by atoms with Gasteiger partial charge in [-0.05, 0) is 49.2 Å². The second-order valence-electron chi connectivity index (χ2n) is 7.44. The van der Waals surface area contributed by atoms with Gasteiger partial charge in [0.25, 0.3) is 0 Å². The summed E-state index contributed by atoms with van der Waals surface area (Å²) in [4.78, 5) is 21.2. The zero-order valence-electron chi connectivity index (χ0n) is 15.6. The van der Waals surface area contributed by atoms with E-state index in [2.05, 4.69) is 27.2 Å². The van der Waals surface area contributed by atoms with E-state index in [4.69, 9.17) is 4.52 Å². The van der Waals surface area contributed by atoms with Crippen molar-refractivity contribution in [3.8, 4) is 11.4 Å². The van der Waals surface area contributed by atoms with Gasteiger partial charge in [0, 0.05) is 43.0 Å². The van der Waals surface area contributed by atoms with Gasteiger partial charge in [-0.25, -0.2) is 0 Å². The normalized spacial score (nSPS) is 19.6. The van der Waals surface area contributed by atoms with E-state index in [0.29, 0.717) is 24.7 Å². The lowest BCUT2D eigenvalue weighted by atomic mass is 10.1. The van der Waals surface area contributed by atoms with Gasteiger partial charge in [-0.3, -0.25) is 4.79 Å². The highest BCUT2D eigenvalue weighted by atomic mass is 16.5. The van der Waals surface area contributed by atoms with Crippen LogP contribution in [-0.4, -0.2) is 35.7 Å². The fourth-order valence-corrected chi connectivity index (χ4v) is 4.05. The summed E-state index contributed by atoms with van der Waals surface area (Å²) in [5, 5.41) is 4.15. The smallest absolute Gasteiger partial charge is 0.232 e. The lowest BCUT2D eigenvalue weighted by Crippen LogP contribution is -2.24. The SMILES string of the molecule is O=C1C[C@@H](c2nc(-c3ccc(N4CCCC4)cc3)no2)CN1c1ccccc1. The second kappa shape index (κ2) is 7.11. The summed E-state index contributed by atoms with van der Waals surface area (Å²) in [7, 11) is 0. The molecule has 1 atom stereocenters. The molecule has 28 heavy (non-hydrogen) atoms. The summed E-state index contributed by atoms with van der Waals surface area (Å²) in [6.45, 7) is 2.82. The number of aromatic nitrogens is 2. The topological polar surface area (TPSA) is 62.5 Å². The third-order valence-electron chi connectivity index (χ3n) is 5.58. The monoisotopic (exact) mass is 374 g/mol. The third-order valence-corrected chi connectivity index (χ3v) is 5.58. The number of para-hydroxylation sites is 1. The molecule has 2 saturated heterocycles. The van der Waals surface area contributed by atoms with Gasteiger partial charge in [0.15, 0.2) is 0 Å². The Bertz CT molecular complexity index is 962. The molecule has 0 saturated carbocycles. The molecule has 0 unspecified atom stereocenters. The van der Waals surface area contributed by atoms with Crippen molar-refractivity contribution < 1.29 is 9.32 Å². The number of rotatable bonds is 4. The second-order valence-corrected chi connectivity index (χ2v) is 7.44. The van der Waals surface area contributed by atoms with Crippen molar-refractivity contribution in [2.45, 2.75) is 25.2 Å². The van der Waals surface area contributed by atoms with Gasteiger partial charge in [-0.2, -0.15) is 4.98 Å². The van der Waals surface area contributed by atoms with E-state index in [1.165, 1.54) is 18.5 Å². The summed E-state index contributed by atoms with van der Waals surface area (Å²) in [6.07, 6.45) is 2.91.